The minimum absolute atomic E-state index is 0.617. The third-order valence-corrected chi connectivity index (χ3v) is 16.7. The highest BCUT2D eigenvalue weighted by molar-refractivity contribution is 6.19. The predicted octanol–water partition coefficient (Wildman–Crippen LogP) is 22.2. The Morgan fingerprint density at radius 2 is 0.747 bits per heavy atom. The third kappa shape index (κ3) is 10.1. The first kappa shape index (κ1) is 52.4. The zero-order valence-electron chi connectivity index (χ0n) is 47.9. The Hall–Kier alpha value is -11.5. The molecule has 0 saturated heterocycles. The maximum Gasteiger partial charge on any atom is 0.160 e. The predicted molar refractivity (Wildman–Crippen MR) is 367 cm³/mol. The van der Waals surface area contributed by atoms with Gasteiger partial charge in [0, 0.05) is 38.8 Å². The van der Waals surface area contributed by atoms with Gasteiger partial charge in [0.25, 0.3) is 0 Å². The van der Waals surface area contributed by atoms with E-state index in [0.29, 0.717) is 5.82 Å². The van der Waals surface area contributed by atoms with Gasteiger partial charge in [-0.2, -0.15) is 0 Å². The van der Waals surface area contributed by atoms with Crippen LogP contribution < -0.4 is 0 Å². The highest BCUT2D eigenvalue weighted by Crippen LogP contribution is 2.45. The van der Waals surface area contributed by atoms with Crippen LogP contribution in [0.4, 0.5) is 0 Å². The number of benzene rings is 12. The quantitative estimate of drug-likeness (QED) is 0.0904. The number of hydrogen-bond donors (Lipinski definition) is 0. The molecule has 15 rings (SSSR count). The second kappa shape index (κ2) is 22.6. The van der Waals surface area contributed by atoms with E-state index in [9.17, 15) is 0 Å². The van der Waals surface area contributed by atoms with Crippen molar-refractivity contribution in [2.24, 2.45) is 0 Å². The first-order valence-electron chi connectivity index (χ1n) is 29.6. The normalized spacial score (nSPS) is 11.7. The van der Waals surface area contributed by atoms with Gasteiger partial charge in [-0.1, -0.05) is 267 Å². The third-order valence-electron chi connectivity index (χ3n) is 16.7. The van der Waals surface area contributed by atoms with Crippen LogP contribution in [0.3, 0.4) is 0 Å². The van der Waals surface area contributed by atoms with Crippen LogP contribution in [0.1, 0.15) is 12.6 Å². The smallest absolute Gasteiger partial charge is 0.160 e. The molecule has 0 atom stereocenters. The molecule has 0 fully saturated rings. The summed E-state index contributed by atoms with van der Waals surface area (Å²) in [7, 11) is 0. The summed E-state index contributed by atoms with van der Waals surface area (Å²) < 4.78 is 0. The van der Waals surface area contributed by atoms with Gasteiger partial charge in [0.2, 0.25) is 0 Å². The lowest BCUT2D eigenvalue weighted by molar-refractivity contribution is 1.23. The number of allylic oxidation sites excluding steroid dienone is 5. The van der Waals surface area contributed by atoms with E-state index in [1.165, 1.54) is 32.3 Å². The first-order valence-corrected chi connectivity index (χ1v) is 29.6. The lowest BCUT2D eigenvalue weighted by Crippen LogP contribution is -1.99. The highest BCUT2D eigenvalue weighted by Gasteiger charge is 2.22. The average molecular weight is 1110 g/mol. The minimum atomic E-state index is 0.617. The van der Waals surface area contributed by atoms with Crippen molar-refractivity contribution in [1.29, 1.82) is 0 Å². The number of hydrogen-bond acceptors (Lipinski definition) is 4. The van der Waals surface area contributed by atoms with E-state index in [4.69, 9.17) is 19.9 Å². The summed E-state index contributed by atoms with van der Waals surface area (Å²) in [5, 5.41) is 10.5. The monoisotopic (exact) mass is 1110 g/mol. The van der Waals surface area contributed by atoms with Gasteiger partial charge in [0.1, 0.15) is 0 Å². The second-order valence-corrected chi connectivity index (χ2v) is 22.1. The molecule has 0 aliphatic rings. The SMILES string of the molecule is C=C(/C=C\C=C/C)c1cc(-c2ccccc2)cc(-c2ccc(-c3nc(-c4ccc(-c5cc(-c6ccccc6)nc(-c6ccccc6)c5)cc4)c4cc(-c5cc6ccccc6c6ccccc56)cc(-c5cc6ccccc6c6ccccc56)c4n3)cc2)n1. The van der Waals surface area contributed by atoms with Gasteiger partial charge in [-0.3, -0.25) is 0 Å². The molecule has 15 aromatic rings. The summed E-state index contributed by atoms with van der Waals surface area (Å²) in [4.78, 5) is 21.9. The zero-order chi connectivity index (χ0) is 58.2. The molecule has 0 unspecified atom stereocenters. The Morgan fingerprint density at radius 3 is 1.34 bits per heavy atom. The van der Waals surface area contributed by atoms with E-state index in [2.05, 4.69) is 273 Å². The van der Waals surface area contributed by atoms with Crippen molar-refractivity contribution in [1.82, 2.24) is 19.9 Å². The highest BCUT2D eigenvalue weighted by atomic mass is 14.9. The van der Waals surface area contributed by atoms with Crippen LogP contribution in [0.15, 0.2) is 316 Å². The maximum atomic E-state index is 5.75. The summed E-state index contributed by atoms with van der Waals surface area (Å²) in [6, 6.07) is 102. The summed E-state index contributed by atoms with van der Waals surface area (Å²) in [6.45, 7) is 6.44. The molecule has 3 aromatic heterocycles. The van der Waals surface area contributed by atoms with Crippen LogP contribution in [-0.4, -0.2) is 19.9 Å². The Morgan fingerprint density at radius 1 is 0.299 bits per heavy atom. The van der Waals surface area contributed by atoms with Crippen LogP contribution in [-0.2, 0) is 0 Å². The van der Waals surface area contributed by atoms with Crippen molar-refractivity contribution in [2.75, 3.05) is 0 Å². The van der Waals surface area contributed by atoms with E-state index in [1.54, 1.807) is 0 Å². The average Bonchev–Trinajstić information content (AvgIpc) is 3.14. The molecule has 0 bridgehead atoms. The van der Waals surface area contributed by atoms with Gasteiger partial charge in [-0.25, -0.2) is 19.9 Å². The molecule has 3 heterocycles. The Balaban J connectivity index is 0.965. The van der Waals surface area contributed by atoms with Crippen LogP contribution in [0.5, 0.6) is 0 Å². The van der Waals surface area contributed by atoms with Gasteiger partial charge >= 0.3 is 0 Å². The fourth-order valence-electron chi connectivity index (χ4n) is 12.3. The van der Waals surface area contributed by atoms with E-state index in [1.807, 2.05) is 49.4 Å². The van der Waals surface area contributed by atoms with Gasteiger partial charge in [0.05, 0.1) is 34.0 Å². The zero-order valence-corrected chi connectivity index (χ0v) is 47.9. The molecule has 0 saturated carbocycles. The molecular formula is C83H56N4. The fourth-order valence-corrected chi connectivity index (χ4v) is 12.3. The van der Waals surface area contributed by atoms with Crippen molar-refractivity contribution in [2.45, 2.75) is 6.92 Å². The molecule has 0 radical (unpaired) electrons. The van der Waals surface area contributed by atoms with Crippen LogP contribution in [0.2, 0.25) is 0 Å². The Bertz CT molecular complexity index is 5140. The van der Waals surface area contributed by atoms with E-state index in [-0.39, 0.29) is 0 Å². The Labute approximate surface area is 506 Å². The van der Waals surface area contributed by atoms with Crippen molar-refractivity contribution in [3.8, 4) is 101 Å². The topological polar surface area (TPSA) is 51.6 Å². The number of nitrogens with zero attached hydrogens (tertiary/aromatic N) is 4. The standard InChI is InChI=1S/C83H56N4/c1-3-4-8-23-54(2)77-50-64(55-24-9-5-10-25-55)51-80(84-77)59-40-44-61(45-41-59)83-86-81(60-42-38-56(39-43-60)65-52-78(57-26-11-6-12-27-57)85-79(53-65)58-28-13-7-14-29-58)76-49-66(73-46-62-30-15-17-32-67(62)69-34-19-21-36-71(69)73)48-75(82(76)87-83)74-47-63-31-16-18-33-68(63)70-35-20-22-37-72(70)74/h3-53H,2H2,1H3/b4-3-,23-8-. The lowest BCUT2D eigenvalue weighted by Gasteiger charge is -2.19. The lowest BCUT2D eigenvalue weighted by atomic mass is 9.87. The number of fused-ring (bicyclic) bond motifs is 7. The molecular weight excluding hydrogens is 1050 g/mol. The van der Waals surface area contributed by atoms with E-state index in [0.717, 1.165) is 128 Å². The molecule has 87 heavy (non-hydrogen) atoms. The molecule has 4 nitrogen and oxygen atoms in total. The van der Waals surface area contributed by atoms with Crippen LogP contribution >= 0.6 is 0 Å². The molecule has 408 valence electrons. The van der Waals surface area contributed by atoms with Gasteiger partial charge in [-0.05, 0) is 143 Å². The van der Waals surface area contributed by atoms with E-state index < -0.39 is 0 Å². The minimum Gasteiger partial charge on any atom is -0.248 e. The molecule has 4 heteroatoms. The second-order valence-electron chi connectivity index (χ2n) is 22.1. The molecule has 0 spiro atoms. The summed E-state index contributed by atoms with van der Waals surface area (Å²) in [6.07, 6.45) is 8.03. The molecule has 12 aromatic carbocycles. The van der Waals surface area contributed by atoms with Crippen molar-refractivity contribution in [3.63, 3.8) is 0 Å². The molecule has 0 N–H and O–H groups in total. The van der Waals surface area contributed by atoms with Gasteiger partial charge < -0.3 is 0 Å². The van der Waals surface area contributed by atoms with E-state index >= 15 is 0 Å². The van der Waals surface area contributed by atoms with Crippen molar-refractivity contribution >= 4 is 59.6 Å². The van der Waals surface area contributed by atoms with Gasteiger partial charge in [0.15, 0.2) is 5.82 Å². The fraction of sp³-hybridized carbons (Fsp3) is 0.0120. The Kier molecular flexibility index (Phi) is 13.6. The van der Waals surface area contributed by atoms with Crippen molar-refractivity contribution < 1.29 is 0 Å². The summed E-state index contributed by atoms with van der Waals surface area (Å²) >= 11 is 0. The number of pyridine rings is 2. The molecule has 0 amide bonds. The summed E-state index contributed by atoms with van der Waals surface area (Å²) in [5.41, 5.74) is 19.6. The van der Waals surface area contributed by atoms with Gasteiger partial charge in [-0.15, -0.1) is 0 Å². The van der Waals surface area contributed by atoms with Crippen LogP contribution in [0.25, 0.3) is 160 Å². The maximum absolute atomic E-state index is 5.75. The molecule has 0 aliphatic carbocycles. The van der Waals surface area contributed by atoms with Crippen LogP contribution in [0, 0.1) is 0 Å². The van der Waals surface area contributed by atoms with Crippen molar-refractivity contribution in [3.05, 3.63) is 322 Å². The first-order chi connectivity index (χ1) is 43.0. The molecule has 0 aliphatic heterocycles. The number of aromatic nitrogens is 4. The number of rotatable bonds is 12. The summed E-state index contributed by atoms with van der Waals surface area (Å²) in [5.74, 6) is 0.617. The largest absolute Gasteiger partial charge is 0.248 e.